The van der Waals surface area contributed by atoms with Gasteiger partial charge in [0.25, 0.3) is 5.92 Å². The normalized spacial score (nSPS) is 22.6. The number of nitrogens with zero attached hydrogens (tertiary/aromatic N) is 6. The van der Waals surface area contributed by atoms with Gasteiger partial charge in [-0.1, -0.05) is 6.07 Å². The summed E-state index contributed by atoms with van der Waals surface area (Å²) in [5.74, 6) is -2.53. The minimum Gasteiger partial charge on any atom is -0.479 e. The molecule has 1 amide bonds. The molecular weight excluding hydrogens is 470 g/mol. The van der Waals surface area contributed by atoms with E-state index in [-0.39, 0.29) is 30.0 Å². The maximum absolute atomic E-state index is 14.1. The number of anilines is 1. The number of aryl methyl sites for hydroxylation is 2. The quantitative estimate of drug-likeness (QED) is 0.424. The molecular formula is C24H24F2N8O2. The Kier molecular flexibility index (Phi) is 5.21. The van der Waals surface area contributed by atoms with Crippen LogP contribution < -0.4 is 15.4 Å². The van der Waals surface area contributed by atoms with Crippen LogP contribution in [0.2, 0.25) is 0 Å². The number of carbonyl (C=O) groups excluding carboxylic acids is 1. The molecule has 1 aliphatic heterocycles. The number of nitrogens with one attached hydrogen (secondary N) is 2. The van der Waals surface area contributed by atoms with Crippen molar-refractivity contribution in [2.75, 3.05) is 18.4 Å². The number of alkyl halides is 2. The van der Waals surface area contributed by atoms with Gasteiger partial charge in [-0.05, 0) is 37.1 Å². The lowest BCUT2D eigenvalue weighted by atomic mass is 10.2. The maximum atomic E-state index is 14.1. The van der Waals surface area contributed by atoms with Crippen molar-refractivity contribution < 1.29 is 18.3 Å². The van der Waals surface area contributed by atoms with Gasteiger partial charge in [0.15, 0.2) is 23.3 Å². The summed E-state index contributed by atoms with van der Waals surface area (Å²) in [6.07, 6.45) is 4.29. The molecule has 5 heterocycles. The number of pyridine rings is 1. The number of carbonyl (C=O) groups is 1. The molecule has 1 aliphatic carbocycles. The van der Waals surface area contributed by atoms with E-state index in [0.717, 1.165) is 17.7 Å². The fraction of sp³-hybridized carbons (Fsp3) is 0.375. The van der Waals surface area contributed by atoms with Gasteiger partial charge in [0.2, 0.25) is 5.91 Å². The van der Waals surface area contributed by atoms with Gasteiger partial charge in [0, 0.05) is 37.3 Å². The van der Waals surface area contributed by atoms with Crippen LogP contribution in [0, 0.1) is 12.8 Å². The first kappa shape index (κ1) is 22.5. The fourth-order valence-corrected chi connectivity index (χ4v) is 4.51. The van der Waals surface area contributed by atoms with E-state index in [9.17, 15) is 13.6 Å². The topological polar surface area (TPSA) is 111 Å². The molecule has 3 atom stereocenters. The Morgan fingerprint density at radius 3 is 2.86 bits per heavy atom. The number of aromatic nitrogens is 6. The molecule has 10 nitrogen and oxygen atoms in total. The Labute approximate surface area is 204 Å². The first-order valence-corrected chi connectivity index (χ1v) is 11.7. The molecule has 36 heavy (non-hydrogen) atoms. The average molecular weight is 495 g/mol. The van der Waals surface area contributed by atoms with Gasteiger partial charge in [-0.25, -0.2) is 18.3 Å². The van der Waals surface area contributed by atoms with Crippen molar-refractivity contribution in [2.45, 2.75) is 31.3 Å². The Morgan fingerprint density at radius 2 is 2.11 bits per heavy atom. The van der Waals surface area contributed by atoms with Crippen molar-refractivity contribution in [1.29, 1.82) is 0 Å². The van der Waals surface area contributed by atoms with E-state index in [1.165, 1.54) is 15.4 Å². The first-order chi connectivity index (χ1) is 17.3. The van der Waals surface area contributed by atoms with Gasteiger partial charge in [-0.3, -0.25) is 14.5 Å². The van der Waals surface area contributed by atoms with Crippen molar-refractivity contribution in [3.8, 4) is 17.1 Å². The third kappa shape index (κ3) is 4.06. The van der Waals surface area contributed by atoms with E-state index in [0.29, 0.717) is 22.9 Å². The van der Waals surface area contributed by atoms with Gasteiger partial charge < -0.3 is 15.4 Å². The Hall–Kier alpha value is -3.93. The number of amides is 1. The summed E-state index contributed by atoms with van der Waals surface area (Å²) in [5, 5.41) is 14.2. The number of ether oxygens (including phenoxy) is 1. The monoisotopic (exact) mass is 494 g/mol. The second kappa shape index (κ2) is 8.33. The SMILES string of the molecule is Cc1ccc([C@@H]2C[C@@H]2C(=O)Nc2cn3nc(-c4c(O[C@@H]5CNCC5(F)F)cnn4C)ccc3n2)nc1. The number of rotatable bonds is 6. The fourth-order valence-electron chi connectivity index (χ4n) is 4.51. The summed E-state index contributed by atoms with van der Waals surface area (Å²) in [7, 11) is 1.69. The van der Waals surface area contributed by atoms with Crippen LogP contribution in [0.1, 0.15) is 23.6 Å². The first-order valence-electron chi connectivity index (χ1n) is 11.7. The lowest BCUT2D eigenvalue weighted by Crippen LogP contribution is -2.36. The van der Waals surface area contributed by atoms with Crippen LogP contribution in [0.25, 0.3) is 17.0 Å². The van der Waals surface area contributed by atoms with Crippen LogP contribution in [0.3, 0.4) is 0 Å². The van der Waals surface area contributed by atoms with Gasteiger partial charge in [-0.2, -0.15) is 10.2 Å². The zero-order valence-electron chi connectivity index (χ0n) is 19.7. The molecule has 1 saturated heterocycles. The molecule has 0 bridgehead atoms. The van der Waals surface area contributed by atoms with E-state index in [2.05, 4.69) is 30.8 Å². The second-order valence-corrected chi connectivity index (χ2v) is 9.33. The lowest BCUT2D eigenvalue weighted by Gasteiger charge is -2.19. The summed E-state index contributed by atoms with van der Waals surface area (Å²) in [6.45, 7) is 1.59. The molecule has 0 aromatic carbocycles. The average Bonchev–Trinajstić information content (AvgIpc) is 3.26. The molecule has 4 aromatic heterocycles. The molecule has 1 saturated carbocycles. The largest absolute Gasteiger partial charge is 0.479 e. The van der Waals surface area contributed by atoms with Crippen LogP contribution >= 0.6 is 0 Å². The van der Waals surface area contributed by atoms with Gasteiger partial charge >= 0.3 is 0 Å². The Morgan fingerprint density at radius 1 is 1.25 bits per heavy atom. The molecule has 186 valence electrons. The van der Waals surface area contributed by atoms with Crippen LogP contribution in [0.15, 0.2) is 42.9 Å². The van der Waals surface area contributed by atoms with E-state index in [1.54, 1.807) is 25.4 Å². The van der Waals surface area contributed by atoms with Crippen molar-refractivity contribution in [1.82, 2.24) is 34.7 Å². The molecule has 0 radical (unpaired) electrons. The highest BCUT2D eigenvalue weighted by molar-refractivity contribution is 5.94. The molecule has 0 unspecified atom stereocenters. The number of imidazole rings is 1. The van der Waals surface area contributed by atoms with E-state index in [4.69, 9.17) is 4.74 Å². The predicted molar refractivity (Wildman–Crippen MR) is 126 cm³/mol. The molecule has 2 aliphatic rings. The number of fused-ring (bicyclic) bond motifs is 1. The predicted octanol–water partition coefficient (Wildman–Crippen LogP) is 2.56. The summed E-state index contributed by atoms with van der Waals surface area (Å²) in [5.41, 5.74) is 3.45. The summed E-state index contributed by atoms with van der Waals surface area (Å²) in [4.78, 5) is 21.6. The molecule has 2 fully saturated rings. The molecule has 0 spiro atoms. The van der Waals surface area contributed by atoms with Crippen LogP contribution in [0.4, 0.5) is 14.6 Å². The van der Waals surface area contributed by atoms with E-state index in [1.807, 2.05) is 25.3 Å². The summed E-state index contributed by atoms with van der Waals surface area (Å²) < 4.78 is 36.8. The van der Waals surface area contributed by atoms with Crippen molar-refractivity contribution in [3.05, 3.63) is 54.1 Å². The highest BCUT2D eigenvalue weighted by atomic mass is 19.3. The Balaban J connectivity index is 1.19. The Bertz CT molecular complexity index is 1450. The number of hydrogen-bond acceptors (Lipinski definition) is 7. The van der Waals surface area contributed by atoms with Gasteiger partial charge in [-0.15, -0.1) is 0 Å². The van der Waals surface area contributed by atoms with Gasteiger partial charge in [0.05, 0.1) is 18.9 Å². The lowest BCUT2D eigenvalue weighted by molar-refractivity contribution is -0.117. The molecule has 4 aromatic rings. The molecule has 2 N–H and O–H groups in total. The maximum Gasteiger partial charge on any atom is 0.297 e. The highest BCUT2D eigenvalue weighted by Crippen LogP contribution is 2.47. The van der Waals surface area contributed by atoms with Crippen LogP contribution in [0.5, 0.6) is 5.75 Å². The standard InChI is InChI=1S/C24H24F2N8O2/c1-13-3-4-16(28-8-13)14-7-15(14)23(35)31-20-11-34-21(30-20)6-5-17(32-34)22-18(9-29-33(22)2)36-19-10-27-12-24(19,25)26/h3-6,8-9,11,14-15,19,27H,7,10,12H2,1-2H3,(H,31,35)/t14-,15+,19-/m1/s1. The van der Waals surface area contributed by atoms with E-state index < -0.39 is 18.6 Å². The van der Waals surface area contributed by atoms with Gasteiger partial charge in [0.1, 0.15) is 11.4 Å². The van der Waals surface area contributed by atoms with E-state index >= 15 is 0 Å². The molecule has 12 heteroatoms. The van der Waals surface area contributed by atoms with Crippen LogP contribution in [-0.4, -0.2) is 60.4 Å². The number of halogens is 2. The van der Waals surface area contributed by atoms with Crippen LogP contribution in [-0.2, 0) is 11.8 Å². The molecule has 6 rings (SSSR count). The summed E-state index contributed by atoms with van der Waals surface area (Å²) in [6, 6.07) is 7.40. The third-order valence-electron chi connectivity index (χ3n) is 6.59. The number of hydrogen-bond donors (Lipinski definition) is 2. The van der Waals surface area contributed by atoms with Crippen molar-refractivity contribution in [3.63, 3.8) is 0 Å². The smallest absolute Gasteiger partial charge is 0.297 e. The minimum atomic E-state index is -2.97. The minimum absolute atomic E-state index is 0.0419. The summed E-state index contributed by atoms with van der Waals surface area (Å²) >= 11 is 0. The highest BCUT2D eigenvalue weighted by Gasteiger charge is 2.47. The third-order valence-corrected chi connectivity index (χ3v) is 6.59. The van der Waals surface area contributed by atoms with Crippen molar-refractivity contribution >= 4 is 17.4 Å². The van der Waals surface area contributed by atoms with Crippen molar-refractivity contribution in [2.24, 2.45) is 13.0 Å². The zero-order chi connectivity index (χ0) is 25.0. The second-order valence-electron chi connectivity index (χ2n) is 9.33. The zero-order valence-corrected chi connectivity index (χ0v) is 19.7.